The second-order valence-electron chi connectivity index (χ2n) is 4.77. The number of nitriles is 1. The predicted molar refractivity (Wildman–Crippen MR) is 78.6 cm³/mol. The highest BCUT2D eigenvalue weighted by molar-refractivity contribution is 5.97. The van der Waals surface area contributed by atoms with Gasteiger partial charge in [-0.1, -0.05) is 31.2 Å². The van der Waals surface area contributed by atoms with Gasteiger partial charge < -0.3 is 10.4 Å². The van der Waals surface area contributed by atoms with E-state index in [1.807, 2.05) is 30.3 Å². The fourth-order valence-corrected chi connectivity index (χ4v) is 2.10. The summed E-state index contributed by atoms with van der Waals surface area (Å²) in [4.78, 5) is 10.8. The van der Waals surface area contributed by atoms with Crippen LogP contribution in [0, 0.1) is 17.2 Å². The van der Waals surface area contributed by atoms with Crippen LogP contribution >= 0.6 is 0 Å². The lowest BCUT2D eigenvalue weighted by atomic mass is 10.0. The molecule has 0 saturated carbocycles. The van der Waals surface area contributed by atoms with E-state index in [2.05, 4.69) is 11.4 Å². The SMILES string of the molecule is CC(CCNc1ccc(C#N)c2ccccc12)C(=O)O. The number of carbonyl (C=O) groups is 1. The average Bonchev–Trinajstić information content (AvgIpc) is 2.47. The normalized spacial score (nSPS) is 11.8. The number of rotatable bonds is 5. The monoisotopic (exact) mass is 268 g/mol. The van der Waals surface area contributed by atoms with Gasteiger partial charge >= 0.3 is 5.97 Å². The molecular formula is C16H16N2O2. The van der Waals surface area contributed by atoms with Crippen LogP contribution in [0.4, 0.5) is 5.69 Å². The predicted octanol–water partition coefficient (Wildman–Crippen LogP) is 3.23. The molecule has 0 aliphatic carbocycles. The van der Waals surface area contributed by atoms with Crippen molar-refractivity contribution in [3.8, 4) is 6.07 Å². The molecule has 0 aliphatic heterocycles. The molecule has 2 aromatic rings. The number of anilines is 1. The smallest absolute Gasteiger partial charge is 0.306 e. The summed E-state index contributed by atoms with van der Waals surface area (Å²) >= 11 is 0. The molecule has 0 aromatic heterocycles. The zero-order chi connectivity index (χ0) is 14.5. The van der Waals surface area contributed by atoms with Gasteiger partial charge in [0.2, 0.25) is 0 Å². The van der Waals surface area contributed by atoms with E-state index in [1.165, 1.54) is 0 Å². The summed E-state index contributed by atoms with van der Waals surface area (Å²) in [7, 11) is 0. The van der Waals surface area contributed by atoms with Crippen molar-refractivity contribution >= 4 is 22.4 Å². The van der Waals surface area contributed by atoms with E-state index in [9.17, 15) is 4.79 Å². The summed E-state index contributed by atoms with van der Waals surface area (Å²) in [5, 5.41) is 23.1. The number of hydrogen-bond acceptors (Lipinski definition) is 3. The number of nitrogens with zero attached hydrogens (tertiary/aromatic N) is 1. The molecule has 0 radical (unpaired) electrons. The van der Waals surface area contributed by atoms with E-state index in [-0.39, 0.29) is 5.92 Å². The molecule has 0 saturated heterocycles. The molecule has 0 amide bonds. The van der Waals surface area contributed by atoms with Crippen LogP contribution < -0.4 is 5.32 Å². The van der Waals surface area contributed by atoms with Crippen LogP contribution in [0.1, 0.15) is 18.9 Å². The summed E-state index contributed by atoms with van der Waals surface area (Å²) in [6.45, 7) is 2.28. The van der Waals surface area contributed by atoms with Crippen LogP contribution in [0.15, 0.2) is 36.4 Å². The number of carboxylic acids is 1. The van der Waals surface area contributed by atoms with Gasteiger partial charge in [-0.15, -0.1) is 0 Å². The molecule has 4 heteroatoms. The zero-order valence-corrected chi connectivity index (χ0v) is 11.3. The molecule has 0 bridgehead atoms. The first kappa shape index (κ1) is 13.9. The molecule has 102 valence electrons. The van der Waals surface area contributed by atoms with Crippen molar-refractivity contribution in [2.75, 3.05) is 11.9 Å². The van der Waals surface area contributed by atoms with Gasteiger partial charge in [-0.25, -0.2) is 0 Å². The fraction of sp³-hybridized carbons (Fsp3) is 0.250. The lowest BCUT2D eigenvalue weighted by Gasteiger charge is -2.12. The standard InChI is InChI=1S/C16H16N2O2/c1-11(16(19)20)8-9-18-15-7-6-12(10-17)13-4-2-3-5-14(13)15/h2-7,11,18H,8-9H2,1H3,(H,19,20). The maximum atomic E-state index is 10.8. The highest BCUT2D eigenvalue weighted by atomic mass is 16.4. The third kappa shape index (κ3) is 2.89. The van der Waals surface area contributed by atoms with Gasteiger partial charge in [0.15, 0.2) is 0 Å². The molecule has 0 fully saturated rings. The number of benzene rings is 2. The van der Waals surface area contributed by atoms with Gasteiger partial charge in [0.05, 0.1) is 17.6 Å². The van der Waals surface area contributed by atoms with E-state index in [0.717, 1.165) is 16.5 Å². The Hall–Kier alpha value is -2.54. The largest absolute Gasteiger partial charge is 0.481 e. The Balaban J connectivity index is 2.19. The number of fused-ring (bicyclic) bond motifs is 1. The first-order chi connectivity index (χ1) is 9.63. The van der Waals surface area contributed by atoms with Crippen LogP contribution in [0.25, 0.3) is 10.8 Å². The van der Waals surface area contributed by atoms with Crippen molar-refractivity contribution in [2.45, 2.75) is 13.3 Å². The van der Waals surface area contributed by atoms with Gasteiger partial charge in [-0.3, -0.25) is 4.79 Å². The summed E-state index contributed by atoms with van der Waals surface area (Å²) in [6, 6.07) is 13.5. The molecule has 2 rings (SSSR count). The molecule has 0 aliphatic rings. The maximum absolute atomic E-state index is 10.8. The average molecular weight is 268 g/mol. The summed E-state index contributed by atoms with van der Waals surface area (Å²) in [6.07, 6.45) is 0.559. The zero-order valence-electron chi connectivity index (χ0n) is 11.3. The molecule has 20 heavy (non-hydrogen) atoms. The van der Waals surface area contributed by atoms with Crippen molar-refractivity contribution < 1.29 is 9.90 Å². The summed E-state index contributed by atoms with van der Waals surface area (Å²) in [5.74, 6) is -1.15. The Morgan fingerprint density at radius 1 is 1.30 bits per heavy atom. The van der Waals surface area contributed by atoms with E-state index in [1.54, 1.807) is 13.0 Å². The Kier molecular flexibility index (Phi) is 4.21. The van der Waals surface area contributed by atoms with Crippen LogP contribution in [-0.2, 0) is 4.79 Å². The lowest BCUT2D eigenvalue weighted by Crippen LogP contribution is -2.14. The molecule has 1 unspecified atom stereocenters. The number of aliphatic carboxylic acids is 1. The topological polar surface area (TPSA) is 73.1 Å². The Morgan fingerprint density at radius 3 is 2.65 bits per heavy atom. The molecular weight excluding hydrogens is 252 g/mol. The van der Waals surface area contributed by atoms with Crippen molar-refractivity contribution in [2.24, 2.45) is 5.92 Å². The van der Waals surface area contributed by atoms with Crippen LogP contribution in [0.3, 0.4) is 0 Å². The van der Waals surface area contributed by atoms with Gasteiger partial charge in [0.1, 0.15) is 0 Å². The van der Waals surface area contributed by atoms with Gasteiger partial charge in [0.25, 0.3) is 0 Å². The Morgan fingerprint density at radius 2 is 2.00 bits per heavy atom. The number of carboxylic acid groups (broad SMARTS) is 1. The minimum atomic E-state index is -0.781. The van der Waals surface area contributed by atoms with E-state index < -0.39 is 5.97 Å². The minimum Gasteiger partial charge on any atom is -0.481 e. The van der Waals surface area contributed by atoms with Crippen molar-refractivity contribution in [3.63, 3.8) is 0 Å². The van der Waals surface area contributed by atoms with Crippen molar-refractivity contribution in [1.82, 2.24) is 0 Å². The second kappa shape index (κ2) is 6.07. The summed E-state index contributed by atoms with van der Waals surface area (Å²) in [5.41, 5.74) is 1.57. The van der Waals surface area contributed by atoms with E-state index >= 15 is 0 Å². The van der Waals surface area contributed by atoms with Gasteiger partial charge in [-0.05, 0) is 18.6 Å². The molecule has 1 atom stereocenters. The second-order valence-corrected chi connectivity index (χ2v) is 4.77. The van der Waals surface area contributed by atoms with Crippen molar-refractivity contribution in [3.05, 3.63) is 42.0 Å². The lowest BCUT2D eigenvalue weighted by molar-refractivity contribution is -0.141. The third-order valence-corrected chi connectivity index (χ3v) is 3.36. The van der Waals surface area contributed by atoms with E-state index in [4.69, 9.17) is 10.4 Å². The fourth-order valence-electron chi connectivity index (χ4n) is 2.10. The van der Waals surface area contributed by atoms with Gasteiger partial charge in [0, 0.05) is 23.0 Å². The third-order valence-electron chi connectivity index (χ3n) is 3.36. The van der Waals surface area contributed by atoms with Crippen LogP contribution in [0.5, 0.6) is 0 Å². The van der Waals surface area contributed by atoms with Crippen LogP contribution in [0.2, 0.25) is 0 Å². The first-order valence-corrected chi connectivity index (χ1v) is 6.52. The molecule has 2 aromatic carbocycles. The number of nitrogens with one attached hydrogen (secondary N) is 1. The van der Waals surface area contributed by atoms with Crippen molar-refractivity contribution in [1.29, 1.82) is 5.26 Å². The Bertz CT molecular complexity index is 674. The molecule has 2 N–H and O–H groups in total. The molecule has 0 heterocycles. The van der Waals surface area contributed by atoms with Gasteiger partial charge in [-0.2, -0.15) is 5.26 Å². The maximum Gasteiger partial charge on any atom is 0.306 e. The van der Waals surface area contributed by atoms with E-state index in [0.29, 0.717) is 18.5 Å². The highest BCUT2D eigenvalue weighted by Gasteiger charge is 2.10. The van der Waals surface area contributed by atoms with Crippen LogP contribution in [-0.4, -0.2) is 17.6 Å². The number of hydrogen-bond donors (Lipinski definition) is 2. The Labute approximate surface area is 117 Å². The highest BCUT2D eigenvalue weighted by Crippen LogP contribution is 2.26. The summed E-state index contributed by atoms with van der Waals surface area (Å²) < 4.78 is 0. The molecule has 0 spiro atoms. The minimum absolute atomic E-state index is 0.368. The quantitative estimate of drug-likeness (QED) is 0.873. The first-order valence-electron chi connectivity index (χ1n) is 6.52. The molecule has 4 nitrogen and oxygen atoms in total.